The molecule has 0 atom stereocenters. The molecular formula is C10H19NO2S. The lowest BCUT2D eigenvalue weighted by Gasteiger charge is -2.06. The lowest BCUT2D eigenvalue weighted by Crippen LogP contribution is -2.25. The predicted molar refractivity (Wildman–Crippen MR) is 59.8 cm³/mol. The monoisotopic (exact) mass is 217 g/mol. The summed E-state index contributed by atoms with van der Waals surface area (Å²) < 4.78 is 22.8. The van der Waals surface area contributed by atoms with Crippen LogP contribution in [0.2, 0.25) is 0 Å². The Morgan fingerprint density at radius 1 is 1.36 bits per heavy atom. The summed E-state index contributed by atoms with van der Waals surface area (Å²) in [6.07, 6.45) is 5.75. The van der Waals surface area contributed by atoms with Gasteiger partial charge in [-0.1, -0.05) is 19.8 Å². The number of rotatable bonds is 7. The molecule has 0 aromatic carbocycles. The van der Waals surface area contributed by atoms with E-state index >= 15 is 0 Å². The van der Waals surface area contributed by atoms with E-state index in [0.29, 0.717) is 19.0 Å². The molecule has 0 aliphatic heterocycles. The SMILES string of the molecule is C#CCNCCS(=O)(=O)CCC(C)C. The molecule has 3 nitrogen and oxygen atoms in total. The molecule has 0 fully saturated rings. The Morgan fingerprint density at radius 3 is 2.50 bits per heavy atom. The van der Waals surface area contributed by atoms with Crippen molar-refractivity contribution in [2.75, 3.05) is 24.6 Å². The van der Waals surface area contributed by atoms with Crippen LogP contribution in [0.15, 0.2) is 0 Å². The van der Waals surface area contributed by atoms with Gasteiger partial charge in [0.25, 0.3) is 0 Å². The minimum absolute atomic E-state index is 0.182. The second-order valence-corrected chi connectivity index (χ2v) is 6.02. The van der Waals surface area contributed by atoms with Crippen molar-refractivity contribution in [2.24, 2.45) is 5.92 Å². The van der Waals surface area contributed by atoms with Crippen LogP contribution in [0.4, 0.5) is 0 Å². The number of sulfone groups is 1. The first-order valence-corrected chi connectivity index (χ1v) is 6.64. The summed E-state index contributed by atoms with van der Waals surface area (Å²) in [6, 6.07) is 0. The first kappa shape index (κ1) is 13.5. The maximum Gasteiger partial charge on any atom is 0.151 e. The van der Waals surface area contributed by atoms with Gasteiger partial charge in [0.1, 0.15) is 0 Å². The van der Waals surface area contributed by atoms with Gasteiger partial charge in [-0.15, -0.1) is 6.42 Å². The van der Waals surface area contributed by atoms with E-state index in [2.05, 4.69) is 11.2 Å². The summed E-state index contributed by atoms with van der Waals surface area (Å²) in [7, 11) is -2.89. The average Bonchev–Trinajstić information content (AvgIpc) is 2.10. The topological polar surface area (TPSA) is 46.2 Å². The molecule has 0 radical (unpaired) electrons. The van der Waals surface area contributed by atoms with Crippen molar-refractivity contribution >= 4 is 9.84 Å². The molecule has 0 saturated carbocycles. The zero-order valence-electron chi connectivity index (χ0n) is 8.91. The molecule has 0 rings (SSSR count). The summed E-state index contributed by atoms with van der Waals surface area (Å²) in [5, 5.41) is 2.86. The molecular weight excluding hydrogens is 198 g/mol. The molecule has 0 unspecified atom stereocenters. The summed E-state index contributed by atoms with van der Waals surface area (Å²) in [4.78, 5) is 0. The van der Waals surface area contributed by atoms with Gasteiger partial charge in [0.2, 0.25) is 0 Å². The molecule has 4 heteroatoms. The first-order chi connectivity index (χ1) is 6.48. The van der Waals surface area contributed by atoms with Gasteiger partial charge in [-0.25, -0.2) is 8.42 Å². The Hall–Kier alpha value is -0.530. The molecule has 0 aliphatic carbocycles. The fourth-order valence-electron chi connectivity index (χ4n) is 0.906. The van der Waals surface area contributed by atoms with E-state index in [9.17, 15) is 8.42 Å². The fraction of sp³-hybridized carbons (Fsp3) is 0.800. The molecule has 0 aliphatic rings. The van der Waals surface area contributed by atoms with Crippen LogP contribution in [0, 0.1) is 18.3 Å². The Morgan fingerprint density at radius 2 is 2.00 bits per heavy atom. The van der Waals surface area contributed by atoms with Gasteiger partial charge in [0.05, 0.1) is 18.1 Å². The van der Waals surface area contributed by atoms with Gasteiger partial charge >= 0.3 is 0 Å². The van der Waals surface area contributed by atoms with Gasteiger partial charge < -0.3 is 5.32 Å². The Kier molecular flexibility index (Phi) is 6.60. The minimum Gasteiger partial charge on any atom is -0.305 e. The summed E-state index contributed by atoms with van der Waals surface area (Å²) >= 11 is 0. The second-order valence-electron chi connectivity index (χ2n) is 3.72. The molecule has 0 amide bonds. The van der Waals surface area contributed by atoms with Crippen molar-refractivity contribution in [3.8, 4) is 12.3 Å². The van der Waals surface area contributed by atoms with E-state index in [1.165, 1.54) is 0 Å². The van der Waals surface area contributed by atoms with Crippen molar-refractivity contribution in [3.63, 3.8) is 0 Å². The maximum atomic E-state index is 11.4. The zero-order valence-corrected chi connectivity index (χ0v) is 9.73. The fourth-order valence-corrected chi connectivity index (χ4v) is 2.40. The molecule has 0 heterocycles. The Labute approximate surface area is 87.2 Å². The van der Waals surface area contributed by atoms with Crippen LogP contribution in [0.5, 0.6) is 0 Å². The van der Waals surface area contributed by atoms with Crippen molar-refractivity contribution in [1.29, 1.82) is 0 Å². The second kappa shape index (κ2) is 6.86. The average molecular weight is 217 g/mol. The smallest absolute Gasteiger partial charge is 0.151 e. The van der Waals surface area contributed by atoms with Crippen molar-refractivity contribution in [2.45, 2.75) is 20.3 Å². The lowest BCUT2D eigenvalue weighted by molar-refractivity contribution is 0.571. The quantitative estimate of drug-likeness (QED) is 0.503. The molecule has 0 spiro atoms. The van der Waals surface area contributed by atoms with Gasteiger partial charge in [-0.2, -0.15) is 0 Å². The van der Waals surface area contributed by atoms with E-state index in [1.54, 1.807) is 0 Å². The summed E-state index contributed by atoms with van der Waals surface area (Å²) in [5.41, 5.74) is 0. The third-order valence-electron chi connectivity index (χ3n) is 1.82. The highest BCUT2D eigenvalue weighted by Gasteiger charge is 2.10. The number of terminal acetylenes is 1. The Bertz CT molecular complexity index is 275. The van der Waals surface area contributed by atoms with Gasteiger partial charge in [-0.3, -0.25) is 0 Å². The molecule has 0 aromatic rings. The molecule has 82 valence electrons. The lowest BCUT2D eigenvalue weighted by atomic mass is 10.2. The van der Waals surface area contributed by atoms with Gasteiger partial charge in [0, 0.05) is 6.54 Å². The largest absolute Gasteiger partial charge is 0.305 e. The highest BCUT2D eigenvalue weighted by molar-refractivity contribution is 7.91. The summed E-state index contributed by atoms with van der Waals surface area (Å²) in [5.74, 6) is 3.29. The van der Waals surface area contributed by atoms with Gasteiger partial charge in [0.15, 0.2) is 9.84 Å². The standard InChI is InChI=1S/C10H19NO2S/c1-4-6-11-7-9-14(12,13)8-5-10(2)3/h1,10-11H,5-9H2,2-3H3. The molecule has 1 N–H and O–H groups in total. The van der Waals surface area contributed by atoms with Crippen molar-refractivity contribution in [1.82, 2.24) is 5.32 Å². The third kappa shape index (κ3) is 8.09. The van der Waals surface area contributed by atoms with Crippen LogP contribution in [0.1, 0.15) is 20.3 Å². The molecule has 0 saturated heterocycles. The van der Waals surface area contributed by atoms with Gasteiger partial charge in [-0.05, 0) is 12.3 Å². The Balaban J connectivity index is 3.69. The molecule has 14 heavy (non-hydrogen) atoms. The maximum absolute atomic E-state index is 11.4. The summed E-state index contributed by atoms with van der Waals surface area (Å²) in [6.45, 7) is 4.92. The van der Waals surface area contributed by atoms with Crippen molar-refractivity contribution < 1.29 is 8.42 Å². The molecule has 0 bridgehead atoms. The number of nitrogens with one attached hydrogen (secondary N) is 1. The third-order valence-corrected chi connectivity index (χ3v) is 3.51. The molecule has 0 aromatic heterocycles. The van der Waals surface area contributed by atoms with E-state index in [1.807, 2.05) is 13.8 Å². The normalized spacial score (nSPS) is 11.6. The minimum atomic E-state index is -2.89. The van der Waals surface area contributed by atoms with E-state index in [4.69, 9.17) is 6.42 Å². The van der Waals surface area contributed by atoms with Crippen LogP contribution in [0.25, 0.3) is 0 Å². The van der Waals surface area contributed by atoms with Crippen LogP contribution < -0.4 is 5.32 Å². The first-order valence-electron chi connectivity index (χ1n) is 4.82. The number of hydrogen-bond donors (Lipinski definition) is 1. The van der Waals surface area contributed by atoms with E-state index in [0.717, 1.165) is 6.42 Å². The number of hydrogen-bond acceptors (Lipinski definition) is 3. The predicted octanol–water partition coefficient (Wildman–Crippen LogP) is 0.670. The van der Waals surface area contributed by atoms with E-state index in [-0.39, 0.29) is 11.5 Å². The van der Waals surface area contributed by atoms with E-state index < -0.39 is 9.84 Å². The van der Waals surface area contributed by atoms with Crippen LogP contribution >= 0.6 is 0 Å². The van der Waals surface area contributed by atoms with Crippen LogP contribution in [-0.2, 0) is 9.84 Å². The van der Waals surface area contributed by atoms with Crippen molar-refractivity contribution in [3.05, 3.63) is 0 Å². The highest BCUT2D eigenvalue weighted by Crippen LogP contribution is 2.02. The van der Waals surface area contributed by atoms with Crippen LogP contribution in [0.3, 0.4) is 0 Å². The van der Waals surface area contributed by atoms with Crippen LogP contribution in [-0.4, -0.2) is 33.0 Å². The highest BCUT2D eigenvalue weighted by atomic mass is 32.2. The zero-order chi connectivity index (χ0) is 11.0.